The summed E-state index contributed by atoms with van der Waals surface area (Å²) in [5.41, 5.74) is 1.22. The number of ether oxygens (including phenoxy) is 2. The van der Waals surface area contributed by atoms with E-state index in [0.29, 0.717) is 38.5 Å². The number of carbonyl (C=O) groups excluding carboxylic acids is 1. The van der Waals surface area contributed by atoms with E-state index in [1.165, 1.54) is 5.56 Å². The van der Waals surface area contributed by atoms with Crippen LogP contribution in [0, 0.1) is 5.92 Å². The zero-order valence-corrected chi connectivity index (χ0v) is 13.8. The summed E-state index contributed by atoms with van der Waals surface area (Å²) in [6.45, 7) is 8.09. The largest absolute Gasteiger partial charge is 0.356 e. The molecule has 0 spiro atoms. The summed E-state index contributed by atoms with van der Waals surface area (Å²) in [4.78, 5) is 12.2. The van der Waals surface area contributed by atoms with Crippen LogP contribution in [0.15, 0.2) is 30.3 Å². The molecular weight excluding hydrogens is 278 g/mol. The predicted molar refractivity (Wildman–Crippen MR) is 86.6 cm³/mol. The van der Waals surface area contributed by atoms with Crippen LogP contribution in [0.25, 0.3) is 0 Å². The highest BCUT2D eigenvalue weighted by Crippen LogP contribution is 2.27. The van der Waals surface area contributed by atoms with Crippen molar-refractivity contribution in [3.63, 3.8) is 0 Å². The lowest BCUT2D eigenvalue weighted by molar-refractivity contribution is -0.146. The van der Waals surface area contributed by atoms with Gasteiger partial charge in [0.1, 0.15) is 0 Å². The van der Waals surface area contributed by atoms with Gasteiger partial charge in [0.05, 0.1) is 13.2 Å². The normalized spacial score (nSPS) is 18.4. The van der Waals surface area contributed by atoms with Crippen molar-refractivity contribution in [2.24, 2.45) is 5.92 Å². The maximum Gasteiger partial charge on any atom is 0.220 e. The molecule has 1 aliphatic heterocycles. The van der Waals surface area contributed by atoms with Crippen molar-refractivity contribution in [1.82, 2.24) is 5.32 Å². The smallest absolute Gasteiger partial charge is 0.220 e. The lowest BCUT2D eigenvalue weighted by Crippen LogP contribution is -2.34. The number of rotatable bonds is 7. The van der Waals surface area contributed by atoms with E-state index in [0.717, 1.165) is 0 Å². The molecule has 1 heterocycles. The second-order valence-electron chi connectivity index (χ2n) is 6.40. The molecule has 1 aliphatic rings. The van der Waals surface area contributed by atoms with Crippen molar-refractivity contribution in [3.8, 4) is 0 Å². The Morgan fingerprint density at radius 1 is 1.23 bits per heavy atom. The quantitative estimate of drug-likeness (QED) is 0.842. The zero-order chi connectivity index (χ0) is 16.0. The second-order valence-corrected chi connectivity index (χ2v) is 6.40. The van der Waals surface area contributed by atoms with Crippen LogP contribution < -0.4 is 5.32 Å². The third kappa shape index (κ3) is 4.82. The van der Waals surface area contributed by atoms with E-state index < -0.39 is 5.79 Å². The van der Waals surface area contributed by atoms with E-state index in [-0.39, 0.29) is 11.8 Å². The monoisotopic (exact) mass is 305 g/mol. The Bertz CT molecular complexity index is 466. The first-order valence-electron chi connectivity index (χ1n) is 8.10. The number of benzene rings is 1. The first-order chi connectivity index (χ1) is 10.5. The van der Waals surface area contributed by atoms with Gasteiger partial charge in [-0.15, -0.1) is 0 Å². The molecule has 2 rings (SSSR count). The minimum atomic E-state index is -0.538. The van der Waals surface area contributed by atoms with Crippen LogP contribution in [-0.4, -0.2) is 31.5 Å². The van der Waals surface area contributed by atoms with Gasteiger partial charge in [0, 0.05) is 19.4 Å². The van der Waals surface area contributed by atoms with Crippen LogP contribution in [0.4, 0.5) is 0 Å². The Balaban J connectivity index is 1.81. The number of hydrogen-bond donors (Lipinski definition) is 1. The van der Waals surface area contributed by atoms with Gasteiger partial charge >= 0.3 is 0 Å². The number of nitrogens with one attached hydrogen (secondary N) is 1. The topological polar surface area (TPSA) is 47.6 Å². The molecule has 4 nitrogen and oxygen atoms in total. The second kappa shape index (κ2) is 7.75. The average Bonchev–Trinajstić information content (AvgIpc) is 2.92. The molecular formula is C18H27NO3. The molecule has 1 amide bonds. The molecule has 0 radical (unpaired) electrons. The maximum absolute atomic E-state index is 12.2. The molecule has 1 unspecified atom stereocenters. The Morgan fingerprint density at radius 3 is 2.45 bits per heavy atom. The van der Waals surface area contributed by atoms with Crippen LogP contribution in [0.5, 0.6) is 0 Å². The van der Waals surface area contributed by atoms with Gasteiger partial charge in [0.15, 0.2) is 5.79 Å². The van der Waals surface area contributed by atoms with Gasteiger partial charge in [-0.1, -0.05) is 44.2 Å². The van der Waals surface area contributed by atoms with Gasteiger partial charge in [0.2, 0.25) is 5.91 Å². The van der Waals surface area contributed by atoms with Crippen molar-refractivity contribution in [1.29, 1.82) is 0 Å². The molecule has 1 fully saturated rings. The first kappa shape index (κ1) is 17.0. The fraction of sp³-hybridized carbons (Fsp3) is 0.611. The van der Waals surface area contributed by atoms with Gasteiger partial charge in [-0.3, -0.25) is 4.79 Å². The Morgan fingerprint density at radius 2 is 1.86 bits per heavy atom. The highest BCUT2D eigenvalue weighted by molar-refractivity contribution is 5.76. The third-order valence-corrected chi connectivity index (χ3v) is 4.24. The van der Waals surface area contributed by atoms with Gasteiger partial charge in [0.25, 0.3) is 0 Å². The minimum Gasteiger partial charge on any atom is -0.356 e. The molecule has 1 aromatic rings. The Labute approximate surface area is 133 Å². The van der Waals surface area contributed by atoms with Crippen molar-refractivity contribution >= 4 is 5.91 Å². The summed E-state index contributed by atoms with van der Waals surface area (Å²) in [5, 5.41) is 2.99. The lowest BCUT2D eigenvalue weighted by atomic mass is 9.85. The predicted octanol–water partition coefficient (Wildman–Crippen LogP) is 3.09. The number of amides is 1. The van der Waals surface area contributed by atoms with Gasteiger partial charge in [-0.25, -0.2) is 0 Å². The summed E-state index contributed by atoms with van der Waals surface area (Å²) < 4.78 is 11.1. The Kier molecular flexibility index (Phi) is 5.98. The molecule has 0 bridgehead atoms. The van der Waals surface area contributed by atoms with Crippen LogP contribution in [0.2, 0.25) is 0 Å². The van der Waals surface area contributed by atoms with Gasteiger partial charge in [-0.2, -0.15) is 0 Å². The first-order valence-corrected chi connectivity index (χ1v) is 8.10. The fourth-order valence-electron chi connectivity index (χ4n) is 2.84. The Hall–Kier alpha value is -1.39. The van der Waals surface area contributed by atoms with Crippen molar-refractivity contribution < 1.29 is 14.3 Å². The van der Waals surface area contributed by atoms with Crippen molar-refractivity contribution in [2.45, 2.75) is 45.3 Å². The molecule has 1 atom stereocenters. The summed E-state index contributed by atoms with van der Waals surface area (Å²) in [6.07, 6.45) is 1.19. The van der Waals surface area contributed by atoms with E-state index >= 15 is 0 Å². The average molecular weight is 305 g/mol. The van der Waals surface area contributed by atoms with Crippen LogP contribution in [0.1, 0.15) is 45.1 Å². The number of hydrogen-bond acceptors (Lipinski definition) is 3. The molecule has 0 aliphatic carbocycles. The minimum absolute atomic E-state index is 0.0872. The summed E-state index contributed by atoms with van der Waals surface area (Å²) >= 11 is 0. The van der Waals surface area contributed by atoms with Crippen LogP contribution in [-0.2, 0) is 14.3 Å². The van der Waals surface area contributed by atoms with E-state index in [9.17, 15) is 4.79 Å². The van der Waals surface area contributed by atoms with Crippen molar-refractivity contribution in [3.05, 3.63) is 35.9 Å². The van der Waals surface area contributed by atoms with Gasteiger partial charge < -0.3 is 14.8 Å². The maximum atomic E-state index is 12.2. The molecule has 22 heavy (non-hydrogen) atoms. The van der Waals surface area contributed by atoms with E-state index in [2.05, 4.69) is 31.3 Å². The zero-order valence-electron chi connectivity index (χ0n) is 13.8. The molecule has 1 N–H and O–H groups in total. The number of carbonyl (C=O) groups is 1. The highest BCUT2D eigenvalue weighted by Gasteiger charge is 2.30. The van der Waals surface area contributed by atoms with E-state index in [1.807, 2.05) is 25.1 Å². The van der Waals surface area contributed by atoms with Crippen molar-refractivity contribution in [2.75, 3.05) is 19.8 Å². The molecule has 0 aromatic heterocycles. The SMILES string of the molecule is CC(C)C(CC(=O)NCCC1(C)OCCO1)c1ccccc1. The molecule has 0 saturated carbocycles. The summed E-state index contributed by atoms with van der Waals surface area (Å²) in [6, 6.07) is 10.2. The molecule has 1 aromatic carbocycles. The highest BCUT2D eigenvalue weighted by atomic mass is 16.7. The standard InChI is InChI=1S/C18H27NO3/c1-14(2)16(15-7-5-4-6-8-15)13-17(20)19-10-9-18(3)21-11-12-22-18/h4-8,14,16H,9-13H2,1-3H3,(H,19,20). The summed E-state index contributed by atoms with van der Waals surface area (Å²) in [7, 11) is 0. The summed E-state index contributed by atoms with van der Waals surface area (Å²) in [5.74, 6) is 0.219. The molecule has 1 saturated heterocycles. The molecule has 122 valence electrons. The van der Waals surface area contributed by atoms with Gasteiger partial charge in [-0.05, 0) is 24.3 Å². The van der Waals surface area contributed by atoms with Crippen LogP contribution in [0.3, 0.4) is 0 Å². The van der Waals surface area contributed by atoms with E-state index in [4.69, 9.17) is 9.47 Å². The van der Waals surface area contributed by atoms with E-state index in [1.54, 1.807) is 0 Å². The fourth-order valence-corrected chi connectivity index (χ4v) is 2.84. The van der Waals surface area contributed by atoms with Crippen LogP contribution >= 0.6 is 0 Å². The third-order valence-electron chi connectivity index (χ3n) is 4.24. The molecule has 4 heteroatoms. The lowest BCUT2D eigenvalue weighted by Gasteiger charge is -2.23.